The van der Waals surface area contributed by atoms with Crippen LogP contribution >= 0.6 is 27.5 Å². The van der Waals surface area contributed by atoms with Crippen molar-refractivity contribution in [3.8, 4) is 0 Å². The average molecular weight is 309 g/mol. The van der Waals surface area contributed by atoms with Crippen molar-refractivity contribution in [2.24, 2.45) is 5.73 Å². The summed E-state index contributed by atoms with van der Waals surface area (Å²) in [5, 5.41) is -0.0993. The molecule has 0 aliphatic carbocycles. The summed E-state index contributed by atoms with van der Waals surface area (Å²) in [5.41, 5.74) is 4.64. The standard InChI is InChI=1S/C11H12BrClFNO/c1-3-11(2,15)10(16)6-4-5-7(12)8(13)9(6)14/h4-5H,3,15H2,1-2H3. The first-order valence-electron chi connectivity index (χ1n) is 4.78. The normalized spacial score (nSPS) is 14.6. The summed E-state index contributed by atoms with van der Waals surface area (Å²) >= 11 is 8.79. The van der Waals surface area contributed by atoms with Crippen LogP contribution in [-0.2, 0) is 0 Å². The summed E-state index contributed by atoms with van der Waals surface area (Å²) in [5.74, 6) is -1.17. The van der Waals surface area contributed by atoms with Crippen LogP contribution in [0.4, 0.5) is 4.39 Å². The monoisotopic (exact) mass is 307 g/mol. The van der Waals surface area contributed by atoms with E-state index in [9.17, 15) is 9.18 Å². The van der Waals surface area contributed by atoms with Crippen LogP contribution in [0.1, 0.15) is 30.6 Å². The van der Waals surface area contributed by atoms with E-state index in [1.165, 1.54) is 12.1 Å². The Morgan fingerprint density at radius 1 is 1.62 bits per heavy atom. The Balaban J connectivity index is 3.26. The van der Waals surface area contributed by atoms with E-state index in [4.69, 9.17) is 17.3 Å². The Morgan fingerprint density at radius 2 is 2.19 bits per heavy atom. The molecule has 0 radical (unpaired) electrons. The molecule has 0 aromatic heterocycles. The molecular formula is C11H12BrClFNO. The molecule has 2 nitrogen and oxygen atoms in total. The van der Waals surface area contributed by atoms with Gasteiger partial charge in [0.1, 0.15) is 0 Å². The molecular weight excluding hydrogens is 296 g/mol. The zero-order valence-electron chi connectivity index (χ0n) is 8.98. The second-order valence-corrected chi connectivity index (χ2v) is 5.06. The molecule has 1 rings (SSSR count). The number of ketones is 1. The molecule has 2 N–H and O–H groups in total. The molecule has 16 heavy (non-hydrogen) atoms. The minimum Gasteiger partial charge on any atom is -0.319 e. The summed E-state index contributed by atoms with van der Waals surface area (Å²) in [6.07, 6.45) is 0.430. The van der Waals surface area contributed by atoms with E-state index in [0.717, 1.165) is 0 Å². The molecule has 1 unspecified atom stereocenters. The van der Waals surface area contributed by atoms with Gasteiger partial charge in [-0.1, -0.05) is 18.5 Å². The van der Waals surface area contributed by atoms with Gasteiger partial charge in [0.25, 0.3) is 0 Å². The third-order valence-electron chi connectivity index (χ3n) is 2.53. The molecule has 5 heteroatoms. The molecule has 0 saturated carbocycles. The van der Waals surface area contributed by atoms with Gasteiger partial charge in [0.05, 0.1) is 16.1 Å². The van der Waals surface area contributed by atoms with Crippen molar-refractivity contribution in [1.82, 2.24) is 0 Å². The van der Waals surface area contributed by atoms with Crippen molar-refractivity contribution in [2.45, 2.75) is 25.8 Å². The fourth-order valence-corrected chi connectivity index (χ4v) is 1.64. The molecule has 0 aliphatic rings. The molecule has 0 amide bonds. The maximum atomic E-state index is 13.7. The Labute approximate surface area is 107 Å². The summed E-state index contributed by atoms with van der Waals surface area (Å²) in [7, 11) is 0. The van der Waals surface area contributed by atoms with Crippen molar-refractivity contribution in [2.75, 3.05) is 0 Å². The van der Waals surface area contributed by atoms with Gasteiger partial charge in [-0.2, -0.15) is 0 Å². The molecule has 1 atom stereocenters. The summed E-state index contributed by atoms with van der Waals surface area (Å²) in [6.45, 7) is 3.35. The zero-order valence-corrected chi connectivity index (χ0v) is 11.3. The number of Topliss-reactive ketones (excluding diaryl/α,β-unsaturated/α-hetero) is 1. The van der Waals surface area contributed by atoms with E-state index in [-0.39, 0.29) is 10.6 Å². The number of carbonyl (C=O) groups excluding carboxylic acids is 1. The largest absolute Gasteiger partial charge is 0.319 e. The van der Waals surface area contributed by atoms with E-state index in [0.29, 0.717) is 10.9 Å². The molecule has 0 aliphatic heterocycles. The van der Waals surface area contributed by atoms with E-state index in [2.05, 4.69) is 15.9 Å². The third kappa shape index (κ3) is 2.44. The second kappa shape index (κ2) is 4.82. The van der Waals surface area contributed by atoms with Crippen molar-refractivity contribution < 1.29 is 9.18 Å². The summed E-state index contributed by atoms with van der Waals surface area (Å²) in [6, 6.07) is 2.92. The van der Waals surface area contributed by atoms with Gasteiger partial charge in [-0.05, 0) is 41.4 Å². The van der Waals surface area contributed by atoms with Crippen LogP contribution in [0.5, 0.6) is 0 Å². The smallest absolute Gasteiger partial charge is 0.185 e. The van der Waals surface area contributed by atoms with E-state index < -0.39 is 17.1 Å². The fourth-order valence-electron chi connectivity index (χ4n) is 1.17. The number of halogens is 3. The van der Waals surface area contributed by atoms with Gasteiger partial charge in [-0.15, -0.1) is 0 Å². The molecule has 0 fully saturated rings. The van der Waals surface area contributed by atoms with Gasteiger partial charge in [-0.25, -0.2) is 4.39 Å². The van der Waals surface area contributed by atoms with Crippen molar-refractivity contribution >= 4 is 33.3 Å². The lowest BCUT2D eigenvalue weighted by Gasteiger charge is -2.21. The molecule has 1 aromatic carbocycles. The Bertz CT molecular complexity index is 434. The van der Waals surface area contributed by atoms with Gasteiger partial charge in [0, 0.05) is 4.47 Å². The highest BCUT2D eigenvalue weighted by Gasteiger charge is 2.30. The first-order valence-corrected chi connectivity index (χ1v) is 5.95. The van der Waals surface area contributed by atoms with Crippen molar-refractivity contribution in [3.63, 3.8) is 0 Å². The number of hydrogen-bond acceptors (Lipinski definition) is 2. The lowest BCUT2D eigenvalue weighted by Crippen LogP contribution is -2.44. The van der Waals surface area contributed by atoms with Crippen LogP contribution in [-0.4, -0.2) is 11.3 Å². The number of hydrogen-bond donors (Lipinski definition) is 1. The van der Waals surface area contributed by atoms with E-state index in [1.54, 1.807) is 13.8 Å². The van der Waals surface area contributed by atoms with Gasteiger partial charge in [0.15, 0.2) is 11.6 Å². The quantitative estimate of drug-likeness (QED) is 0.685. The van der Waals surface area contributed by atoms with E-state index in [1.807, 2.05) is 0 Å². The fraction of sp³-hybridized carbons (Fsp3) is 0.364. The maximum absolute atomic E-state index is 13.7. The van der Waals surface area contributed by atoms with Crippen LogP contribution < -0.4 is 5.73 Å². The highest BCUT2D eigenvalue weighted by atomic mass is 79.9. The van der Waals surface area contributed by atoms with Crippen LogP contribution in [0, 0.1) is 5.82 Å². The van der Waals surface area contributed by atoms with Crippen molar-refractivity contribution in [3.05, 3.63) is 33.0 Å². The maximum Gasteiger partial charge on any atom is 0.185 e. The molecule has 88 valence electrons. The van der Waals surface area contributed by atoms with Crippen molar-refractivity contribution in [1.29, 1.82) is 0 Å². The molecule has 0 bridgehead atoms. The Hall–Kier alpha value is -0.450. The lowest BCUT2D eigenvalue weighted by atomic mass is 9.89. The van der Waals surface area contributed by atoms with Crippen LogP contribution in [0.3, 0.4) is 0 Å². The van der Waals surface area contributed by atoms with E-state index >= 15 is 0 Å². The van der Waals surface area contributed by atoms with Gasteiger partial charge in [-0.3, -0.25) is 4.79 Å². The number of nitrogens with two attached hydrogens (primary N) is 1. The first-order chi connectivity index (χ1) is 7.31. The topological polar surface area (TPSA) is 43.1 Å². The minimum atomic E-state index is -1.07. The molecule has 1 aromatic rings. The summed E-state index contributed by atoms with van der Waals surface area (Å²) < 4.78 is 14.2. The zero-order chi connectivity index (χ0) is 12.5. The van der Waals surface area contributed by atoms with Crippen LogP contribution in [0.25, 0.3) is 0 Å². The number of benzene rings is 1. The highest BCUT2D eigenvalue weighted by molar-refractivity contribution is 9.10. The minimum absolute atomic E-state index is 0.0694. The Kier molecular flexibility index (Phi) is 4.10. The van der Waals surface area contributed by atoms with Gasteiger partial charge in [0.2, 0.25) is 0 Å². The predicted molar refractivity (Wildman–Crippen MR) is 66.3 cm³/mol. The van der Waals surface area contributed by atoms with Crippen LogP contribution in [0.2, 0.25) is 5.02 Å². The van der Waals surface area contributed by atoms with Gasteiger partial charge < -0.3 is 5.73 Å². The molecule has 0 heterocycles. The molecule has 0 saturated heterocycles. The predicted octanol–water partition coefficient (Wildman–Crippen LogP) is 3.55. The van der Waals surface area contributed by atoms with Gasteiger partial charge >= 0.3 is 0 Å². The SMILES string of the molecule is CCC(C)(N)C(=O)c1ccc(Br)c(Cl)c1F. The Morgan fingerprint density at radius 3 is 2.69 bits per heavy atom. The third-order valence-corrected chi connectivity index (χ3v) is 3.79. The highest BCUT2D eigenvalue weighted by Crippen LogP contribution is 2.29. The molecule has 0 spiro atoms. The number of carbonyl (C=O) groups is 1. The first kappa shape index (κ1) is 13.6. The van der Waals surface area contributed by atoms with Crippen LogP contribution in [0.15, 0.2) is 16.6 Å². The summed E-state index contributed by atoms with van der Waals surface area (Å²) in [4.78, 5) is 11.9. The second-order valence-electron chi connectivity index (χ2n) is 3.82. The number of rotatable bonds is 3. The average Bonchev–Trinajstić information content (AvgIpc) is 2.25. The lowest BCUT2D eigenvalue weighted by molar-refractivity contribution is 0.0893.